The molecule has 4 aromatic rings. The van der Waals surface area contributed by atoms with Crippen LogP contribution in [0, 0.1) is 0 Å². The summed E-state index contributed by atoms with van der Waals surface area (Å²) in [5.41, 5.74) is 2.13. The van der Waals surface area contributed by atoms with E-state index < -0.39 is 5.79 Å². The lowest BCUT2D eigenvalue weighted by Gasteiger charge is -2.31. The molecule has 2 nitrogen and oxygen atoms in total. The molecule has 0 N–H and O–H groups in total. The average molecular weight is 354 g/mol. The van der Waals surface area contributed by atoms with Crippen molar-refractivity contribution in [3.63, 3.8) is 0 Å². The molecule has 1 aliphatic rings. The van der Waals surface area contributed by atoms with Gasteiger partial charge in [-0.05, 0) is 35.4 Å². The second kappa shape index (κ2) is 6.19. The lowest BCUT2D eigenvalue weighted by Crippen LogP contribution is -2.30. The van der Waals surface area contributed by atoms with Gasteiger partial charge in [0.2, 0.25) is 5.79 Å². The van der Waals surface area contributed by atoms with Crippen molar-refractivity contribution in [2.75, 3.05) is 0 Å². The molecule has 0 spiro atoms. The minimum Gasteiger partial charge on any atom is -0.336 e. The van der Waals surface area contributed by atoms with E-state index in [0.717, 1.165) is 21.9 Å². The Kier molecular flexibility index (Phi) is 3.78. The maximum Gasteiger partial charge on any atom is 0.224 e. The van der Waals surface area contributed by atoms with Gasteiger partial charge < -0.3 is 9.47 Å². The Labute approximate surface area is 159 Å². The number of benzene rings is 4. The molecule has 0 radical (unpaired) electrons. The quantitative estimate of drug-likeness (QED) is 0.438. The van der Waals surface area contributed by atoms with E-state index in [2.05, 4.69) is 98.8 Å². The Morgan fingerprint density at radius 2 is 0.963 bits per heavy atom. The van der Waals surface area contributed by atoms with Crippen LogP contribution in [0.2, 0.25) is 0 Å². The Hall–Kier alpha value is -2.68. The van der Waals surface area contributed by atoms with E-state index in [0.29, 0.717) is 0 Å². The third kappa shape index (κ3) is 2.48. The lowest BCUT2D eigenvalue weighted by molar-refractivity contribution is -0.145. The minimum atomic E-state index is -0.916. The highest BCUT2D eigenvalue weighted by Gasteiger charge is 2.48. The van der Waals surface area contributed by atoms with Crippen molar-refractivity contribution in [1.29, 1.82) is 0 Å². The fourth-order valence-corrected chi connectivity index (χ4v) is 4.17. The van der Waals surface area contributed by atoms with Gasteiger partial charge >= 0.3 is 0 Å². The first-order valence-corrected chi connectivity index (χ1v) is 9.51. The van der Waals surface area contributed by atoms with E-state index in [-0.39, 0.29) is 12.2 Å². The van der Waals surface area contributed by atoms with Gasteiger partial charge in [-0.3, -0.25) is 0 Å². The van der Waals surface area contributed by atoms with Crippen molar-refractivity contribution in [2.24, 2.45) is 0 Å². The van der Waals surface area contributed by atoms with E-state index in [1.54, 1.807) is 0 Å². The van der Waals surface area contributed by atoms with Crippen LogP contribution < -0.4 is 0 Å². The SMILES string of the molecule is C[C@@H]1OC(c2cccc3ccccc23)(c2cccc3ccccc23)O[C@H]1C. The van der Waals surface area contributed by atoms with E-state index >= 15 is 0 Å². The van der Waals surface area contributed by atoms with Crippen LogP contribution in [0.5, 0.6) is 0 Å². The molecule has 0 unspecified atom stereocenters. The second-order valence-electron chi connectivity index (χ2n) is 7.32. The first-order chi connectivity index (χ1) is 13.2. The monoisotopic (exact) mass is 354 g/mol. The van der Waals surface area contributed by atoms with E-state index in [4.69, 9.17) is 9.47 Å². The highest BCUT2D eigenvalue weighted by atomic mass is 16.8. The summed E-state index contributed by atoms with van der Waals surface area (Å²) >= 11 is 0. The molecule has 134 valence electrons. The second-order valence-corrected chi connectivity index (χ2v) is 7.32. The van der Waals surface area contributed by atoms with Crippen LogP contribution in [0.25, 0.3) is 21.5 Å². The molecule has 1 heterocycles. The molecule has 0 saturated carbocycles. The Bertz CT molecular complexity index is 1030. The van der Waals surface area contributed by atoms with Crippen LogP contribution in [-0.4, -0.2) is 12.2 Å². The zero-order valence-corrected chi connectivity index (χ0v) is 15.6. The summed E-state index contributed by atoms with van der Waals surface area (Å²) in [5, 5.41) is 4.70. The average Bonchev–Trinajstić information content (AvgIpc) is 3.02. The normalized spacial score (nSPS) is 21.7. The van der Waals surface area contributed by atoms with Gasteiger partial charge in [0.05, 0.1) is 12.2 Å². The molecule has 0 bridgehead atoms. The van der Waals surface area contributed by atoms with Gasteiger partial charge in [-0.1, -0.05) is 84.9 Å². The third-order valence-electron chi connectivity index (χ3n) is 5.65. The van der Waals surface area contributed by atoms with Gasteiger partial charge in [0.25, 0.3) is 0 Å². The van der Waals surface area contributed by atoms with E-state index in [1.807, 2.05) is 0 Å². The largest absolute Gasteiger partial charge is 0.336 e. The predicted molar refractivity (Wildman–Crippen MR) is 110 cm³/mol. The number of rotatable bonds is 2. The van der Waals surface area contributed by atoms with E-state index in [1.165, 1.54) is 10.8 Å². The van der Waals surface area contributed by atoms with Crippen molar-refractivity contribution in [3.05, 3.63) is 96.1 Å². The minimum absolute atomic E-state index is 0.00272. The summed E-state index contributed by atoms with van der Waals surface area (Å²) in [7, 11) is 0. The van der Waals surface area contributed by atoms with E-state index in [9.17, 15) is 0 Å². The van der Waals surface area contributed by atoms with Crippen molar-refractivity contribution in [2.45, 2.75) is 31.8 Å². The molecule has 5 rings (SSSR count). The smallest absolute Gasteiger partial charge is 0.224 e. The molecule has 1 aliphatic heterocycles. The number of hydrogen-bond donors (Lipinski definition) is 0. The van der Waals surface area contributed by atoms with Crippen molar-refractivity contribution >= 4 is 21.5 Å². The van der Waals surface area contributed by atoms with Crippen LogP contribution in [0.3, 0.4) is 0 Å². The molecule has 0 amide bonds. The molecule has 27 heavy (non-hydrogen) atoms. The topological polar surface area (TPSA) is 18.5 Å². The highest BCUT2D eigenvalue weighted by Crippen LogP contribution is 2.47. The maximum absolute atomic E-state index is 6.63. The zero-order chi connectivity index (χ0) is 18.4. The summed E-state index contributed by atoms with van der Waals surface area (Å²) in [4.78, 5) is 0. The molecule has 2 atom stereocenters. The van der Waals surface area contributed by atoms with Gasteiger partial charge in [-0.2, -0.15) is 0 Å². The number of hydrogen-bond acceptors (Lipinski definition) is 2. The van der Waals surface area contributed by atoms with Crippen LogP contribution in [0.15, 0.2) is 84.9 Å². The maximum atomic E-state index is 6.63. The van der Waals surface area contributed by atoms with Crippen LogP contribution >= 0.6 is 0 Å². The summed E-state index contributed by atoms with van der Waals surface area (Å²) in [6.45, 7) is 4.17. The van der Waals surface area contributed by atoms with Gasteiger partial charge in [-0.25, -0.2) is 0 Å². The first-order valence-electron chi connectivity index (χ1n) is 9.51. The Balaban J connectivity index is 1.86. The molecule has 0 aromatic heterocycles. The Morgan fingerprint density at radius 1 is 0.556 bits per heavy atom. The van der Waals surface area contributed by atoms with Gasteiger partial charge in [0.15, 0.2) is 0 Å². The van der Waals surface area contributed by atoms with Crippen LogP contribution in [0.4, 0.5) is 0 Å². The fourth-order valence-electron chi connectivity index (χ4n) is 4.17. The lowest BCUT2D eigenvalue weighted by atomic mass is 9.89. The summed E-state index contributed by atoms with van der Waals surface area (Å²) in [6.07, 6.45) is 0.00544. The summed E-state index contributed by atoms with van der Waals surface area (Å²) < 4.78 is 13.3. The molecular weight excluding hydrogens is 332 g/mol. The molecule has 2 heteroatoms. The fraction of sp³-hybridized carbons (Fsp3) is 0.200. The third-order valence-corrected chi connectivity index (χ3v) is 5.65. The zero-order valence-electron chi connectivity index (χ0n) is 15.6. The first kappa shape index (κ1) is 16.5. The van der Waals surface area contributed by atoms with Crippen LogP contribution in [-0.2, 0) is 15.3 Å². The van der Waals surface area contributed by atoms with Crippen molar-refractivity contribution < 1.29 is 9.47 Å². The van der Waals surface area contributed by atoms with Crippen molar-refractivity contribution in [3.8, 4) is 0 Å². The number of fused-ring (bicyclic) bond motifs is 2. The van der Waals surface area contributed by atoms with Gasteiger partial charge in [0.1, 0.15) is 0 Å². The standard InChI is InChI=1S/C25H22O2/c1-17-18(2)27-25(26-17,23-15-7-11-19-9-3-5-13-21(19)23)24-16-8-12-20-10-4-6-14-22(20)24/h3-18H,1-2H3/t17-,18-/m0/s1. The van der Waals surface area contributed by atoms with Gasteiger partial charge in [-0.15, -0.1) is 0 Å². The molecular formula is C25H22O2. The number of ether oxygens (including phenoxy) is 2. The summed E-state index contributed by atoms with van der Waals surface area (Å²) in [5.74, 6) is -0.916. The molecule has 1 fully saturated rings. The highest BCUT2D eigenvalue weighted by molar-refractivity contribution is 5.90. The molecule has 0 aliphatic carbocycles. The molecule has 4 aromatic carbocycles. The Morgan fingerprint density at radius 3 is 1.44 bits per heavy atom. The van der Waals surface area contributed by atoms with Crippen molar-refractivity contribution in [1.82, 2.24) is 0 Å². The molecule has 1 saturated heterocycles. The van der Waals surface area contributed by atoms with Crippen LogP contribution in [0.1, 0.15) is 25.0 Å². The predicted octanol–water partition coefficient (Wildman–Crippen LogP) is 6.02. The van der Waals surface area contributed by atoms with Gasteiger partial charge in [0, 0.05) is 11.1 Å². The summed E-state index contributed by atoms with van der Waals surface area (Å²) in [6, 6.07) is 29.6.